The van der Waals surface area contributed by atoms with Crippen LogP contribution in [0.15, 0.2) is 57.5 Å². The summed E-state index contributed by atoms with van der Waals surface area (Å²) in [6, 6.07) is 12.7. The van der Waals surface area contributed by atoms with E-state index in [0.29, 0.717) is 23.4 Å². The Morgan fingerprint density at radius 3 is 2.36 bits per heavy atom. The average molecular weight is 581 g/mol. The Bertz CT molecular complexity index is 1220. The van der Waals surface area contributed by atoms with Gasteiger partial charge in [-0.3, -0.25) is 20.2 Å². The minimum atomic E-state index is -0.727. The Morgan fingerprint density at radius 2 is 1.73 bits per heavy atom. The maximum Gasteiger partial charge on any atom is 0.318 e. The summed E-state index contributed by atoms with van der Waals surface area (Å²) in [5.41, 5.74) is 2.03. The lowest BCUT2D eigenvalue weighted by molar-refractivity contribution is -0.394. The van der Waals surface area contributed by atoms with Crippen molar-refractivity contribution >= 4 is 48.9 Å². The van der Waals surface area contributed by atoms with Gasteiger partial charge in [0.25, 0.3) is 5.69 Å². The van der Waals surface area contributed by atoms with Gasteiger partial charge in [0.1, 0.15) is 0 Å². The SMILES string of the molecule is CCOc1cc(CNc2ccc(Br)cc2C)cc(Br)c1Oc1ccc([N+](=O)[O-])cc1[N+](=O)[O-]. The molecule has 0 aliphatic carbocycles. The summed E-state index contributed by atoms with van der Waals surface area (Å²) < 4.78 is 13.0. The normalized spacial score (nSPS) is 10.5. The molecule has 0 aliphatic heterocycles. The Balaban J connectivity index is 1.91. The molecule has 11 heteroatoms. The number of rotatable bonds is 9. The van der Waals surface area contributed by atoms with Crippen LogP contribution in [0.1, 0.15) is 18.1 Å². The number of hydrogen-bond acceptors (Lipinski definition) is 7. The second kappa shape index (κ2) is 10.6. The molecule has 3 aromatic rings. The van der Waals surface area contributed by atoms with Crippen LogP contribution in [-0.2, 0) is 6.54 Å². The van der Waals surface area contributed by atoms with Gasteiger partial charge in [-0.2, -0.15) is 0 Å². The topological polar surface area (TPSA) is 117 Å². The molecule has 0 fully saturated rings. The fourth-order valence-electron chi connectivity index (χ4n) is 3.07. The predicted molar refractivity (Wildman–Crippen MR) is 131 cm³/mol. The molecule has 1 N–H and O–H groups in total. The van der Waals surface area contributed by atoms with E-state index in [1.165, 1.54) is 6.07 Å². The standard InChI is InChI=1S/C22H19Br2N3O6/c1-3-32-21-10-14(12-25-18-6-4-15(23)8-13(18)2)9-17(24)22(21)33-20-7-5-16(26(28)29)11-19(20)27(30)31/h4-11,25H,3,12H2,1-2H3. The first-order valence-electron chi connectivity index (χ1n) is 9.75. The van der Waals surface area contributed by atoms with Gasteiger partial charge in [0.2, 0.25) is 5.75 Å². The van der Waals surface area contributed by atoms with Crippen LogP contribution in [0.3, 0.4) is 0 Å². The highest BCUT2D eigenvalue weighted by Gasteiger charge is 2.23. The molecule has 0 saturated heterocycles. The van der Waals surface area contributed by atoms with Gasteiger partial charge in [-0.25, -0.2) is 0 Å². The molecule has 3 rings (SSSR count). The van der Waals surface area contributed by atoms with E-state index in [1.807, 2.05) is 38.1 Å². The highest BCUT2D eigenvalue weighted by molar-refractivity contribution is 9.10. The number of ether oxygens (including phenoxy) is 2. The van der Waals surface area contributed by atoms with E-state index >= 15 is 0 Å². The summed E-state index contributed by atoms with van der Waals surface area (Å²) >= 11 is 6.91. The van der Waals surface area contributed by atoms with Crippen molar-refractivity contribution in [1.82, 2.24) is 0 Å². The molecule has 0 aliphatic rings. The molecule has 172 valence electrons. The molecular formula is C22H19Br2N3O6. The van der Waals surface area contributed by atoms with Crippen molar-refractivity contribution in [3.63, 3.8) is 0 Å². The van der Waals surface area contributed by atoms with Crippen molar-refractivity contribution in [3.8, 4) is 17.2 Å². The number of hydrogen-bond donors (Lipinski definition) is 1. The number of benzene rings is 3. The van der Waals surface area contributed by atoms with Crippen LogP contribution < -0.4 is 14.8 Å². The minimum absolute atomic E-state index is 0.136. The fraction of sp³-hybridized carbons (Fsp3) is 0.182. The van der Waals surface area contributed by atoms with Gasteiger partial charge in [-0.15, -0.1) is 0 Å². The monoisotopic (exact) mass is 579 g/mol. The van der Waals surface area contributed by atoms with Crippen molar-refractivity contribution in [2.45, 2.75) is 20.4 Å². The quantitative estimate of drug-likeness (QED) is 0.211. The molecule has 3 aromatic carbocycles. The molecule has 0 radical (unpaired) electrons. The van der Waals surface area contributed by atoms with E-state index in [1.54, 1.807) is 6.07 Å². The number of aryl methyl sites for hydroxylation is 1. The summed E-state index contributed by atoms with van der Waals surface area (Å²) in [5.74, 6) is 0.477. The van der Waals surface area contributed by atoms with E-state index in [-0.39, 0.29) is 11.5 Å². The largest absolute Gasteiger partial charge is 0.490 e. The van der Waals surface area contributed by atoms with E-state index in [0.717, 1.165) is 33.4 Å². The molecule has 0 bridgehead atoms. The minimum Gasteiger partial charge on any atom is -0.490 e. The van der Waals surface area contributed by atoms with Crippen LogP contribution in [0.5, 0.6) is 17.2 Å². The number of nitrogens with zero attached hydrogens (tertiary/aromatic N) is 2. The summed E-state index contributed by atoms with van der Waals surface area (Å²) in [6.07, 6.45) is 0. The summed E-state index contributed by atoms with van der Waals surface area (Å²) in [4.78, 5) is 21.0. The lowest BCUT2D eigenvalue weighted by Gasteiger charge is -2.16. The summed E-state index contributed by atoms with van der Waals surface area (Å²) in [5, 5.41) is 25.8. The first kappa shape index (κ1) is 24.5. The third-order valence-electron chi connectivity index (χ3n) is 4.60. The van der Waals surface area contributed by atoms with Gasteiger partial charge in [0.15, 0.2) is 11.5 Å². The molecule has 0 spiro atoms. The van der Waals surface area contributed by atoms with Crippen LogP contribution in [0, 0.1) is 27.2 Å². The van der Waals surface area contributed by atoms with Crippen LogP contribution in [-0.4, -0.2) is 16.5 Å². The van der Waals surface area contributed by atoms with Gasteiger partial charge >= 0.3 is 5.69 Å². The molecule has 33 heavy (non-hydrogen) atoms. The highest BCUT2D eigenvalue weighted by atomic mass is 79.9. The Kier molecular flexibility index (Phi) is 7.88. The molecule has 9 nitrogen and oxygen atoms in total. The predicted octanol–water partition coefficient (Wildman–Crippen LogP) is 7.14. The number of nitrogens with one attached hydrogen (secondary N) is 1. The second-order valence-corrected chi connectivity index (χ2v) is 8.69. The van der Waals surface area contributed by atoms with Crippen molar-refractivity contribution in [2.75, 3.05) is 11.9 Å². The zero-order valence-electron chi connectivity index (χ0n) is 17.6. The highest BCUT2D eigenvalue weighted by Crippen LogP contribution is 2.43. The van der Waals surface area contributed by atoms with Gasteiger partial charge in [0, 0.05) is 22.8 Å². The van der Waals surface area contributed by atoms with Crippen molar-refractivity contribution in [1.29, 1.82) is 0 Å². The number of nitro groups is 2. The van der Waals surface area contributed by atoms with E-state index in [4.69, 9.17) is 9.47 Å². The number of non-ortho nitro benzene ring substituents is 1. The summed E-state index contributed by atoms with van der Waals surface area (Å²) in [7, 11) is 0. The zero-order valence-corrected chi connectivity index (χ0v) is 20.8. The third-order valence-corrected chi connectivity index (χ3v) is 5.68. The average Bonchev–Trinajstić information content (AvgIpc) is 2.75. The lowest BCUT2D eigenvalue weighted by Crippen LogP contribution is -2.04. The zero-order chi connectivity index (χ0) is 24.1. The van der Waals surface area contributed by atoms with Gasteiger partial charge in [-0.1, -0.05) is 15.9 Å². The molecular weight excluding hydrogens is 562 g/mol. The number of halogens is 2. The van der Waals surface area contributed by atoms with Gasteiger partial charge in [-0.05, 0) is 77.3 Å². The van der Waals surface area contributed by atoms with E-state index < -0.39 is 21.2 Å². The van der Waals surface area contributed by atoms with Crippen LogP contribution in [0.4, 0.5) is 17.1 Å². The smallest absolute Gasteiger partial charge is 0.318 e. The second-order valence-electron chi connectivity index (χ2n) is 6.92. The maximum atomic E-state index is 11.5. The molecule has 0 unspecified atom stereocenters. The molecule has 0 aromatic heterocycles. The van der Waals surface area contributed by atoms with Crippen molar-refractivity contribution in [2.24, 2.45) is 0 Å². The van der Waals surface area contributed by atoms with Crippen LogP contribution >= 0.6 is 31.9 Å². The Hall–Kier alpha value is -3.18. The maximum absolute atomic E-state index is 11.5. The van der Waals surface area contributed by atoms with Gasteiger partial charge in [0.05, 0.1) is 27.0 Å². The third kappa shape index (κ3) is 5.99. The van der Waals surface area contributed by atoms with Crippen LogP contribution in [0.25, 0.3) is 0 Å². The molecule has 0 atom stereocenters. The van der Waals surface area contributed by atoms with Crippen molar-refractivity contribution < 1.29 is 19.3 Å². The van der Waals surface area contributed by atoms with E-state index in [2.05, 4.69) is 37.2 Å². The Morgan fingerprint density at radius 1 is 0.970 bits per heavy atom. The fourth-order valence-corrected chi connectivity index (χ4v) is 4.11. The summed E-state index contributed by atoms with van der Waals surface area (Å²) in [6.45, 7) is 4.65. The Labute approximate surface area is 206 Å². The first-order valence-corrected chi connectivity index (χ1v) is 11.3. The lowest BCUT2D eigenvalue weighted by atomic mass is 10.1. The molecule has 0 saturated carbocycles. The number of nitro benzene ring substituents is 2. The molecule has 0 heterocycles. The number of anilines is 1. The van der Waals surface area contributed by atoms with Crippen molar-refractivity contribution in [3.05, 3.63) is 88.8 Å². The van der Waals surface area contributed by atoms with Crippen LogP contribution in [0.2, 0.25) is 0 Å². The van der Waals surface area contributed by atoms with E-state index in [9.17, 15) is 20.2 Å². The first-order chi connectivity index (χ1) is 15.7. The van der Waals surface area contributed by atoms with Gasteiger partial charge < -0.3 is 14.8 Å². The molecule has 0 amide bonds.